The monoisotopic (exact) mass is 274 g/mol. The summed E-state index contributed by atoms with van der Waals surface area (Å²) < 4.78 is 0. The summed E-state index contributed by atoms with van der Waals surface area (Å²) >= 11 is 0. The topological polar surface area (TPSA) is 73.5 Å². The second-order valence-electron chi connectivity index (χ2n) is 5.19. The maximum atomic E-state index is 12.2. The number of hydrogen-bond acceptors (Lipinski definition) is 4. The van der Waals surface area contributed by atoms with Crippen LogP contribution in [0, 0.1) is 0 Å². The first kappa shape index (κ1) is 12.8. The van der Waals surface area contributed by atoms with E-state index in [1.165, 1.54) is 0 Å². The Kier molecular flexibility index (Phi) is 3.22. The van der Waals surface area contributed by atoms with Crippen molar-refractivity contribution >= 4 is 23.2 Å². The van der Waals surface area contributed by atoms with Crippen LogP contribution in [0.1, 0.15) is 16.8 Å². The lowest BCUT2D eigenvalue weighted by Crippen LogP contribution is -2.40. The molecule has 0 bridgehead atoms. The molecular weight excluding hydrogens is 256 g/mol. The first-order chi connectivity index (χ1) is 9.65. The summed E-state index contributed by atoms with van der Waals surface area (Å²) in [6, 6.07) is 5.09. The SMILES string of the molecule is CN1CCC(NC(=O)c2ccc3c(c2)NCCN3)C1=O. The molecule has 2 heterocycles. The summed E-state index contributed by atoms with van der Waals surface area (Å²) in [5, 5.41) is 9.31. The first-order valence-corrected chi connectivity index (χ1v) is 6.83. The van der Waals surface area contributed by atoms with Crippen LogP contribution in [0.4, 0.5) is 11.4 Å². The highest BCUT2D eigenvalue weighted by Gasteiger charge is 2.30. The van der Waals surface area contributed by atoms with Crippen molar-refractivity contribution in [3.05, 3.63) is 23.8 Å². The predicted octanol–water partition coefficient (Wildman–Crippen LogP) is 0.484. The molecule has 20 heavy (non-hydrogen) atoms. The van der Waals surface area contributed by atoms with E-state index in [-0.39, 0.29) is 11.8 Å². The molecule has 0 spiro atoms. The van der Waals surface area contributed by atoms with Gasteiger partial charge in [0.1, 0.15) is 6.04 Å². The molecule has 2 aliphatic rings. The number of likely N-dealkylation sites (N-methyl/N-ethyl adjacent to an activating group) is 1. The van der Waals surface area contributed by atoms with Crippen LogP contribution < -0.4 is 16.0 Å². The zero-order valence-corrected chi connectivity index (χ0v) is 11.4. The Morgan fingerprint density at radius 1 is 1.30 bits per heavy atom. The average Bonchev–Trinajstić information content (AvgIpc) is 2.78. The van der Waals surface area contributed by atoms with Gasteiger partial charge in [-0.2, -0.15) is 0 Å². The molecule has 1 aromatic rings. The van der Waals surface area contributed by atoms with Gasteiger partial charge in [-0.1, -0.05) is 0 Å². The lowest BCUT2D eigenvalue weighted by Gasteiger charge is -2.20. The van der Waals surface area contributed by atoms with E-state index in [0.29, 0.717) is 18.5 Å². The van der Waals surface area contributed by atoms with Crippen molar-refractivity contribution in [2.24, 2.45) is 0 Å². The van der Waals surface area contributed by atoms with Gasteiger partial charge in [0.2, 0.25) is 5.91 Å². The maximum absolute atomic E-state index is 12.2. The van der Waals surface area contributed by atoms with Gasteiger partial charge < -0.3 is 20.9 Å². The minimum Gasteiger partial charge on any atom is -0.382 e. The highest BCUT2D eigenvalue weighted by Crippen LogP contribution is 2.25. The number of nitrogens with zero attached hydrogens (tertiary/aromatic N) is 1. The van der Waals surface area contributed by atoms with E-state index in [4.69, 9.17) is 0 Å². The summed E-state index contributed by atoms with van der Waals surface area (Å²) in [4.78, 5) is 25.6. The molecule has 0 saturated carbocycles. The van der Waals surface area contributed by atoms with Gasteiger partial charge in [0.15, 0.2) is 0 Å². The largest absolute Gasteiger partial charge is 0.382 e. The molecule has 2 aliphatic heterocycles. The van der Waals surface area contributed by atoms with Crippen molar-refractivity contribution in [1.29, 1.82) is 0 Å². The number of rotatable bonds is 2. The fraction of sp³-hybridized carbons (Fsp3) is 0.429. The molecule has 1 aromatic carbocycles. The molecule has 6 nitrogen and oxygen atoms in total. The number of fused-ring (bicyclic) bond motifs is 1. The average molecular weight is 274 g/mol. The number of nitrogens with one attached hydrogen (secondary N) is 3. The summed E-state index contributed by atoms with van der Waals surface area (Å²) in [6.45, 7) is 2.41. The molecule has 3 N–H and O–H groups in total. The Morgan fingerprint density at radius 3 is 2.75 bits per heavy atom. The fourth-order valence-corrected chi connectivity index (χ4v) is 2.58. The highest BCUT2D eigenvalue weighted by molar-refractivity contribution is 5.99. The molecule has 6 heteroatoms. The summed E-state index contributed by atoms with van der Waals surface area (Å²) in [5.74, 6) is -0.218. The number of benzene rings is 1. The smallest absolute Gasteiger partial charge is 0.252 e. The second kappa shape index (κ2) is 5.03. The highest BCUT2D eigenvalue weighted by atomic mass is 16.2. The van der Waals surface area contributed by atoms with Crippen molar-refractivity contribution in [2.45, 2.75) is 12.5 Å². The van der Waals surface area contributed by atoms with Gasteiger partial charge in [0.25, 0.3) is 5.91 Å². The Hall–Kier alpha value is -2.24. The van der Waals surface area contributed by atoms with Crippen LogP contribution >= 0.6 is 0 Å². The number of amides is 2. The number of anilines is 2. The molecule has 3 rings (SSSR count). The molecule has 1 fully saturated rings. The molecule has 0 aromatic heterocycles. The number of likely N-dealkylation sites (tertiary alicyclic amines) is 1. The van der Waals surface area contributed by atoms with Gasteiger partial charge >= 0.3 is 0 Å². The van der Waals surface area contributed by atoms with Gasteiger partial charge in [0.05, 0.1) is 11.4 Å². The molecule has 106 valence electrons. The second-order valence-corrected chi connectivity index (χ2v) is 5.19. The number of carbonyl (C=O) groups excluding carboxylic acids is 2. The van der Waals surface area contributed by atoms with E-state index in [1.807, 2.05) is 12.1 Å². The molecule has 0 radical (unpaired) electrons. The number of carbonyl (C=O) groups is 2. The summed E-state index contributed by atoms with van der Waals surface area (Å²) in [6.07, 6.45) is 0.672. The molecular formula is C14H18N4O2. The van der Waals surface area contributed by atoms with Gasteiger partial charge in [-0.05, 0) is 24.6 Å². The third-order valence-electron chi connectivity index (χ3n) is 3.77. The zero-order valence-electron chi connectivity index (χ0n) is 11.4. The van der Waals surface area contributed by atoms with E-state index in [9.17, 15) is 9.59 Å². The quantitative estimate of drug-likeness (QED) is 0.733. The van der Waals surface area contributed by atoms with Crippen LogP contribution in [-0.2, 0) is 4.79 Å². The minimum atomic E-state index is -0.394. The van der Waals surface area contributed by atoms with Crippen molar-refractivity contribution in [3.63, 3.8) is 0 Å². The molecule has 0 aliphatic carbocycles. The van der Waals surface area contributed by atoms with E-state index < -0.39 is 6.04 Å². The van der Waals surface area contributed by atoms with Gasteiger partial charge in [-0.15, -0.1) is 0 Å². The van der Waals surface area contributed by atoms with Crippen molar-refractivity contribution in [1.82, 2.24) is 10.2 Å². The van der Waals surface area contributed by atoms with Gasteiger partial charge in [-0.25, -0.2) is 0 Å². The molecule has 1 saturated heterocycles. The fourth-order valence-electron chi connectivity index (χ4n) is 2.58. The molecule has 1 atom stereocenters. The van der Waals surface area contributed by atoms with Crippen LogP contribution in [0.15, 0.2) is 18.2 Å². The standard InChI is InChI=1S/C14H18N4O2/c1-18-7-4-11(14(18)20)17-13(19)9-2-3-10-12(8-9)16-6-5-15-10/h2-3,8,11,15-16H,4-7H2,1H3,(H,17,19). The third kappa shape index (κ3) is 2.29. The third-order valence-corrected chi connectivity index (χ3v) is 3.77. The summed E-state index contributed by atoms with van der Waals surface area (Å²) in [5.41, 5.74) is 2.51. The van der Waals surface area contributed by atoms with Gasteiger partial charge in [-0.3, -0.25) is 9.59 Å². The molecule has 2 amide bonds. The minimum absolute atomic E-state index is 0.0175. The van der Waals surface area contributed by atoms with Crippen LogP contribution in [-0.4, -0.2) is 49.4 Å². The van der Waals surface area contributed by atoms with E-state index in [2.05, 4.69) is 16.0 Å². The van der Waals surface area contributed by atoms with Crippen LogP contribution in [0.25, 0.3) is 0 Å². The normalized spacial score (nSPS) is 20.9. The zero-order chi connectivity index (χ0) is 14.1. The van der Waals surface area contributed by atoms with Crippen molar-refractivity contribution in [3.8, 4) is 0 Å². The Balaban J connectivity index is 1.73. The van der Waals surface area contributed by atoms with Crippen LogP contribution in [0.3, 0.4) is 0 Å². The first-order valence-electron chi connectivity index (χ1n) is 6.83. The van der Waals surface area contributed by atoms with Crippen molar-refractivity contribution < 1.29 is 9.59 Å². The molecule has 1 unspecified atom stereocenters. The van der Waals surface area contributed by atoms with Crippen LogP contribution in [0.2, 0.25) is 0 Å². The van der Waals surface area contributed by atoms with E-state index in [1.54, 1.807) is 18.0 Å². The van der Waals surface area contributed by atoms with E-state index in [0.717, 1.165) is 24.5 Å². The van der Waals surface area contributed by atoms with E-state index >= 15 is 0 Å². The predicted molar refractivity (Wildman–Crippen MR) is 76.9 cm³/mol. The number of hydrogen-bond donors (Lipinski definition) is 3. The Bertz CT molecular complexity index is 558. The Labute approximate surface area is 117 Å². The van der Waals surface area contributed by atoms with Gasteiger partial charge in [0, 0.05) is 32.2 Å². The lowest BCUT2D eigenvalue weighted by atomic mass is 10.1. The lowest BCUT2D eigenvalue weighted by molar-refractivity contribution is -0.128. The maximum Gasteiger partial charge on any atom is 0.252 e. The van der Waals surface area contributed by atoms with Crippen LogP contribution in [0.5, 0.6) is 0 Å². The van der Waals surface area contributed by atoms with Crippen molar-refractivity contribution in [2.75, 3.05) is 37.3 Å². The summed E-state index contributed by atoms with van der Waals surface area (Å²) in [7, 11) is 1.75. The Morgan fingerprint density at radius 2 is 2.05 bits per heavy atom.